The van der Waals surface area contributed by atoms with Gasteiger partial charge in [0, 0.05) is 6.04 Å². The summed E-state index contributed by atoms with van der Waals surface area (Å²) < 4.78 is 15.9. The van der Waals surface area contributed by atoms with E-state index in [9.17, 15) is 9.59 Å². The Kier molecular flexibility index (Phi) is 7.75. The van der Waals surface area contributed by atoms with Crippen molar-refractivity contribution in [3.8, 4) is 11.5 Å². The van der Waals surface area contributed by atoms with Crippen molar-refractivity contribution in [1.82, 2.24) is 5.32 Å². The molecule has 144 valence electrons. The Morgan fingerprint density at radius 3 is 2.35 bits per heavy atom. The fourth-order valence-corrected chi connectivity index (χ4v) is 3.06. The average Bonchev–Trinajstić information content (AvgIpc) is 2.63. The summed E-state index contributed by atoms with van der Waals surface area (Å²) in [5, 5.41) is 2.99. The Morgan fingerprint density at radius 2 is 1.73 bits per heavy atom. The molecule has 1 fully saturated rings. The molecule has 0 bridgehead atoms. The molecule has 1 aliphatic carbocycles. The molecule has 0 aromatic heterocycles. The first-order chi connectivity index (χ1) is 12.5. The minimum Gasteiger partial charge on any atom is -0.494 e. The van der Waals surface area contributed by atoms with Gasteiger partial charge in [0.2, 0.25) is 0 Å². The maximum Gasteiger partial charge on any atom is 0.344 e. The highest BCUT2D eigenvalue weighted by molar-refractivity contribution is 5.83. The minimum absolute atomic E-state index is 0.164. The van der Waals surface area contributed by atoms with Crippen LogP contribution in [0.3, 0.4) is 0 Å². The van der Waals surface area contributed by atoms with Gasteiger partial charge in [-0.3, -0.25) is 4.79 Å². The topological polar surface area (TPSA) is 73.9 Å². The second-order valence-electron chi connectivity index (χ2n) is 6.70. The van der Waals surface area contributed by atoms with E-state index in [-0.39, 0.29) is 18.6 Å². The number of amides is 1. The summed E-state index contributed by atoms with van der Waals surface area (Å²) in [6, 6.07) is 7.15. The van der Waals surface area contributed by atoms with E-state index in [2.05, 4.69) is 12.2 Å². The van der Waals surface area contributed by atoms with Crippen molar-refractivity contribution in [3.63, 3.8) is 0 Å². The third-order valence-corrected chi connectivity index (χ3v) is 4.61. The fraction of sp³-hybridized carbons (Fsp3) is 0.600. The van der Waals surface area contributed by atoms with Gasteiger partial charge in [-0.25, -0.2) is 4.79 Å². The molecule has 1 saturated carbocycles. The highest BCUT2D eigenvalue weighted by Crippen LogP contribution is 2.23. The number of hydrogen-bond donors (Lipinski definition) is 1. The van der Waals surface area contributed by atoms with Crippen LogP contribution in [-0.2, 0) is 14.3 Å². The van der Waals surface area contributed by atoms with Crippen LogP contribution in [0.4, 0.5) is 0 Å². The molecule has 0 spiro atoms. The van der Waals surface area contributed by atoms with Gasteiger partial charge in [-0.1, -0.05) is 19.8 Å². The van der Waals surface area contributed by atoms with Gasteiger partial charge in [0.15, 0.2) is 12.7 Å². The maximum absolute atomic E-state index is 12.2. The maximum atomic E-state index is 12.2. The molecule has 1 amide bonds. The molecule has 1 aliphatic rings. The van der Waals surface area contributed by atoms with Crippen molar-refractivity contribution in [2.45, 2.75) is 58.6 Å². The number of rotatable bonds is 8. The molecule has 0 saturated heterocycles. The molecular weight excluding hydrogens is 334 g/mol. The summed E-state index contributed by atoms with van der Waals surface area (Å²) in [5.74, 6) is 0.915. The van der Waals surface area contributed by atoms with E-state index in [4.69, 9.17) is 14.2 Å². The molecule has 6 nitrogen and oxygen atoms in total. The number of esters is 1. The van der Waals surface area contributed by atoms with E-state index >= 15 is 0 Å². The zero-order chi connectivity index (χ0) is 18.9. The third kappa shape index (κ3) is 6.24. The van der Waals surface area contributed by atoms with E-state index in [1.165, 1.54) is 6.42 Å². The van der Waals surface area contributed by atoms with Crippen molar-refractivity contribution in [3.05, 3.63) is 24.3 Å². The predicted molar refractivity (Wildman–Crippen MR) is 98.2 cm³/mol. The summed E-state index contributed by atoms with van der Waals surface area (Å²) in [6.07, 6.45) is 3.60. The Balaban J connectivity index is 1.73. The standard InChI is InChI=1S/C20H29NO5/c1-4-24-16-9-11-17(12-10-16)25-13-19(22)26-15(3)20(23)21-18-8-6-5-7-14(18)2/h9-12,14-15,18H,4-8,13H2,1-3H3,(H,21,23)/t14-,15-,18-/m0/s1. The Bertz CT molecular complexity index is 586. The van der Waals surface area contributed by atoms with Crippen LogP contribution in [0.1, 0.15) is 46.5 Å². The van der Waals surface area contributed by atoms with Gasteiger partial charge in [-0.15, -0.1) is 0 Å². The molecule has 0 unspecified atom stereocenters. The van der Waals surface area contributed by atoms with Gasteiger partial charge in [0.1, 0.15) is 11.5 Å². The lowest BCUT2D eigenvalue weighted by atomic mass is 9.86. The number of carbonyl (C=O) groups excluding carboxylic acids is 2. The number of carbonyl (C=O) groups is 2. The SMILES string of the molecule is CCOc1ccc(OCC(=O)O[C@@H](C)C(=O)N[C@H]2CCCC[C@@H]2C)cc1. The Morgan fingerprint density at radius 1 is 1.12 bits per heavy atom. The molecular formula is C20H29NO5. The van der Waals surface area contributed by atoms with Gasteiger partial charge < -0.3 is 19.5 Å². The molecule has 1 aromatic carbocycles. The quantitative estimate of drug-likeness (QED) is 0.719. The zero-order valence-corrected chi connectivity index (χ0v) is 15.8. The molecule has 0 aliphatic heterocycles. The van der Waals surface area contributed by atoms with E-state index in [0.717, 1.165) is 25.0 Å². The highest BCUT2D eigenvalue weighted by atomic mass is 16.6. The smallest absolute Gasteiger partial charge is 0.344 e. The van der Waals surface area contributed by atoms with Crippen LogP contribution in [0.25, 0.3) is 0 Å². The molecule has 26 heavy (non-hydrogen) atoms. The van der Waals surface area contributed by atoms with Gasteiger partial charge in [0.25, 0.3) is 5.91 Å². The first-order valence-electron chi connectivity index (χ1n) is 9.35. The van der Waals surface area contributed by atoms with Crippen molar-refractivity contribution < 1.29 is 23.8 Å². The molecule has 1 aromatic rings. The number of benzene rings is 1. The van der Waals surface area contributed by atoms with Crippen LogP contribution >= 0.6 is 0 Å². The van der Waals surface area contributed by atoms with Crippen LogP contribution in [0, 0.1) is 5.92 Å². The van der Waals surface area contributed by atoms with Crippen LogP contribution in [0.5, 0.6) is 11.5 Å². The van der Waals surface area contributed by atoms with Crippen LogP contribution < -0.4 is 14.8 Å². The largest absolute Gasteiger partial charge is 0.494 e. The Labute approximate surface area is 155 Å². The first kappa shape index (κ1) is 20.1. The van der Waals surface area contributed by atoms with E-state index in [1.54, 1.807) is 31.2 Å². The Hall–Kier alpha value is -2.24. The van der Waals surface area contributed by atoms with Gasteiger partial charge >= 0.3 is 5.97 Å². The highest BCUT2D eigenvalue weighted by Gasteiger charge is 2.26. The van der Waals surface area contributed by atoms with Gasteiger partial charge in [0.05, 0.1) is 6.61 Å². The van der Waals surface area contributed by atoms with Crippen molar-refractivity contribution >= 4 is 11.9 Å². The minimum atomic E-state index is -0.833. The summed E-state index contributed by atoms with van der Waals surface area (Å²) in [7, 11) is 0. The second kappa shape index (κ2) is 10.0. The van der Waals surface area contributed by atoms with E-state index in [1.807, 2.05) is 6.92 Å². The summed E-state index contributed by atoms with van der Waals surface area (Å²) in [4.78, 5) is 24.1. The summed E-state index contributed by atoms with van der Waals surface area (Å²) >= 11 is 0. The molecule has 6 heteroatoms. The fourth-order valence-electron chi connectivity index (χ4n) is 3.06. The molecule has 3 atom stereocenters. The number of hydrogen-bond acceptors (Lipinski definition) is 5. The number of nitrogens with one attached hydrogen (secondary N) is 1. The normalized spacial score (nSPS) is 20.7. The van der Waals surface area contributed by atoms with E-state index < -0.39 is 12.1 Å². The third-order valence-electron chi connectivity index (χ3n) is 4.61. The van der Waals surface area contributed by atoms with Crippen LogP contribution in [0.2, 0.25) is 0 Å². The summed E-state index contributed by atoms with van der Waals surface area (Å²) in [5.41, 5.74) is 0. The van der Waals surface area contributed by atoms with E-state index in [0.29, 0.717) is 18.3 Å². The molecule has 0 heterocycles. The van der Waals surface area contributed by atoms with Crippen molar-refractivity contribution in [1.29, 1.82) is 0 Å². The molecule has 2 rings (SSSR count). The zero-order valence-electron chi connectivity index (χ0n) is 15.8. The molecule has 0 radical (unpaired) electrons. The monoisotopic (exact) mass is 363 g/mol. The van der Waals surface area contributed by atoms with Crippen molar-refractivity contribution in [2.75, 3.05) is 13.2 Å². The lowest BCUT2D eigenvalue weighted by molar-refractivity contribution is -0.157. The number of ether oxygens (including phenoxy) is 3. The lowest BCUT2D eigenvalue weighted by Gasteiger charge is -2.30. The van der Waals surface area contributed by atoms with Gasteiger partial charge in [-0.05, 0) is 56.9 Å². The van der Waals surface area contributed by atoms with Gasteiger partial charge in [-0.2, -0.15) is 0 Å². The summed E-state index contributed by atoms with van der Waals surface area (Å²) in [6.45, 7) is 5.98. The van der Waals surface area contributed by atoms with Crippen LogP contribution in [-0.4, -0.2) is 37.2 Å². The van der Waals surface area contributed by atoms with Crippen LogP contribution in [0.15, 0.2) is 24.3 Å². The second-order valence-corrected chi connectivity index (χ2v) is 6.70. The van der Waals surface area contributed by atoms with Crippen molar-refractivity contribution in [2.24, 2.45) is 5.92 Å². The predicted octanol–water partition coefficient (Wildman–Crippen LogP) is 3.09. The lowest BCUT2D eigenvalue weighted by Crippen LogP contribution is -2.46. The first-order valence-corrected chi connectivity index (χ1v) is 9.35. The molecule has 1 N–H and O–H groups in total. The average molecular weight is 363 g/mol.